The Kier molecular flexibility index (Phi) is 4.98. The molecule has 5 rings (SSSR count). The Morgan fingerprint density at radius 1 is 1.16 bits per heavy atom. The number of benzene rings is 2. The van der Waals surface area contributed by atoms with Gasteiger partial charge in [-0.3, -0.25) is 0 Å². The molecular weight excluding hydrogens is 426 g/mol. The number of fused-ring (bicyclic) bond motifs is 4. The molecule has 0 N–H and O–H groups in total. The van der Waals surface area contributed by atoms with Crippen LogP contribution in [0, 0.1) is 13.8 Å². The Hall–Kier alpha value is -2.58. The van der Waals surface area contributed by atoms with Crippen molar-refractivity contribution in [2.24, 2.45) is 5.10 Å². The van der Waals surface area contributed by atoms with E-state index in [-0.39, 0.29) is 6.04 Å². The third-order valence-electron chi connectivity index (χ3n) is 6.88. The molecule has 7 nitrogen and oxygen atoms in total. The molecule has 170 valence electrons. The normalized spacial score (nSPS) is 22.2. The molecule has 1 fully saturated rings. The highest BCUT2D eigenvalue weighted by Crippen LogP contribution is 2.52. The Bertz CT molecular complexity index is 1200. The van der Waals surface area contributed by atoms with Crippen LogP contribution in [0.2, 0.25) is 0 Å². The minimum Gasteiger partial charge on any atom is -0.493 e. The van der Waals surface area contributed by atoms with Gasteiger partial charge in [-0.25, -0.2) is 17.7 Å². The third-order valence-corrected chi connectivity index (χ3v) is 8.19. The predicted octanol–water partition coefficient (Wildman–Crippen LogP) is 3.61. The summed E-state index contributed by atoms with van der Waals surface area (Å²) in [6.45, 7) is 5.02. The van der Waals surface area contributed by atoms with Crippen LogP contribution in [0.1, 0.15) is 47.6 Å². The van der Waals surface area contributed by atoms with Gasteiger partial charge in [0, 0.05) is 43.5 Å². The summed E-state index contributed by atoms with van der Waals surface area (Å²) in [7, 11) is -1.59. The van der Waals surface area contributed by atoms with Crippen LogP contribution in [-0.4, -0.2) is 55.6 Å². The van der Waals surface area contributed by atoms with Crippen molar-refractivity contribution in [2.75, 3.05) is 26.5 Å². The fraction of sp³-hybridized carbons (Fsp3) is 0.458. The first kappa shape index (κ1) is 21.3. The van der Waals surface area contributed by atoms with Crippen molar-refractivity contribution in [3.8, 4) is 11.5 Å². The predicted molar refractivity (Wildman–Crippen MR) is 124 cm³/mol. The van der Waals surface area contributed by atoms with E-state index in [1.54, 1.807) is 7.11 Å². The quantitative estimate of drug-likeness (QED) is 0.707. The molecule has 3 aliphatic heterocycles. The van der Waals surface area contributed by atoms with Gasteiger partial charge in [0.25, 0.3) is 0 Å². The number of rotatable bonds is 3. The van der Waals surface area contributed by atoms with Gasteiger partial charge in [-0.1, -0.05) is 29.8 Å². The van der Waals surface area contributed by atoms with E-state index in [0.29, 0.717) is 31.7 Å². The largest absolute Gasteiger partial charge is 0.493 e. The summed E-state index contributed by atoms with van der Waals surface area (Å²) in [6, 6.07) is 12.4. The molecule has 0 aliphatic carbocycles. The second-order valence-electron chi connectivity index (χ2n) is 9.02. The van der Waals surface area contributed by atoms with Crippen LogP contribution in [0.4, 0.5) is 0 Å². The number of ether oxygens (including phenoxy) is 2. The van der Waals surface area contributed by atoms with Gasteiger partial charge in [-0.2, -0.15) is 5.10 Å². The molecule has 8 heteroatoms. The monoisotopic (exact) mass is 455 g/mol. The zero-order chi connectivity index (χ0) is 22.7. The molecule has 1 saturated heterocycles. The van der Waals surface area contributed by atoms with Gasteiger partial charge >= 0.3 is 0 Å². The van der Waals surface area contributed by atoms with Crippen molar-refractivity contribution in [3.05, 3.63) is 58.7 Å². The fourth-order valence-electron chi connectivity index (χ4n) is 5.14. The van der Waals surface area contributed by atoms with Crippen molar-refractivity contribution in [3.63, 3.8) is 0 Å². The second-order valence-corrected chi connectivity index (χ2v) is 11.0. The van der Waals surface area contributed by atoms with Crippen LogP contribution >= 0.6 is 0 Å². The second kappa shape index (κ2) is 7.49. The van der Waals surface area contributed by atoms with Gasteiger partial charge in [0.05, 0.1) is 25.1 Å². The average Bonchev–Trinajstić information content (AvgIpc) is 3.21. The highest BCUT2D eigenvalue weighted by Gasteiger charge is 2.53. The van der Waals surface area contributed by atoms with Crippen LogP contribution in [-0.2, 0) is 10.0 Å². The number of methoxy groups -OCH3 is 1. The summed E-state index contributed by atoms with van der Waals surface area (Å²) in [6.07, 6.45) is 3.11. The molecule has 0 aromatic heterocycles. The topological polar surface area (TPSA) is 71.4 Å². The lowest BCUT2D eigenvalue weighted by Crippen LogP contribution is -2.59. The first-order chi connectivity index (χ1) is 15.2. The summed E-state index contributed by atoms with van der Waals surface area (Å²) in [5.74, 6) is 1.45. The zero-order valence-corrected chi connectivity index (χ0v) is 19.8. The smallest absolute Gasteiger partial charge is 0.211 e. The summed E-state index contributed by atoms with van der Waals surface area (Å²) >= 11 is 0. The molecule has 32 heavy (non-hydrogen) atoms. The number of hydrazone groups is 1. The molecule has 1 atom stereocenters. The van der Waals surface area contributed by atoms with Gasteiger partial charge in [0.2, 0.25) is 15.7 Å². The molecule has 0 saturated carbocycles. The third kappa shape index (κ3) is 3.36. The van der Waals surface area contributed by atoms with Crippen molar-refractivity contribution in [1.29, 1.82) is 0 Å². The number of piperidine rings is 1. The number of hydrogen-bond acceptors (Lipinski definition) is 6. The van der Waals surface area contributed by atoms with Gasteiger partial charge in [0.1, 0.15) is 0 Å². The number of para-hydroxylation sites is 1. The Balaban J connectivity index is 1.60. The van der Waals surface area contributed by atoms with Crippen LogP contribution in [0.25, 0.3) is 0 Å². The highest BCUT2D eigenvalue weighted by molar-refractivity contribution is 7.88. The van der Waals surface area contributed by atoms with Crippen molar-refractivity contribution in [2.45, 2.75) is 44.9 Å². The SMILES string of the molecule is COc1cccc2c1OC1(CCN(S(C)(=O)=O)CC1)N1N=C(c3cc(C)ccc3C)C[C@@H]21. The van der Waals surface area contributed by atoms with E-state index < -0.39 is 15.7 Å². The van der Waals surface area contributed by atoms with Crippen molar-refractivity contribution >= 4 is 15.7 Å². The van der Waals surface area contributed by atoms with Crippen molar-refractivity contribution < 1.29 is 17.9 Å². The highest BCUT2D eigenvalue weighted by atomic mass is 32.2. The van der Waals surface area contributed by atoms with Crippen molar-refractivity contribution in [1.82, 2.24) is 9.31 Å². The molecule has 2 aromatic carbocycles. The summed E-state index contributed by atoms with van der Waals surface area (Å²) < 4.78 is 38.1. The first-order valence-corrected chi connectivity index (χ1v) is 12.8. The van der Waals surface area contributed by atoms with E-state index in [1.165, 1.54) is 21.7 Å². The fourth-order valence-corrected chi connectivity index (χ4v) is 5.98. The summed E-state index contributed by atoms with van der Waals surface area (Å²) in [5.41, 5.74) is 4.96. The summed E-state index contributed by atoms with van der Waals surface area (Å²) in [5, 5.41) is 7.22. The Labute approximate surface area is 189 Å². The van der Waals surface area contributed by atoms with E-state index in [1.807, 2.05) is 12.1 Å². The molecular formula is C24H29N3O4S. The number of sulfonamides is 1. The molecule has 0 amide bonds. The number of aryl methyl sites for hydroxylation is 2. The maximum atomic E-state index is 12.1. The summed E-state index contributed by atoms with van der Waals surface area (Å²) in [4.78, 5) is 0. The van der Waals surface area contributed by atoms with Gasteiger partial charge in [-0.05, 0) is 31.5 Å². The maximum Gasteiger partial charge on any atom is 0.211 e. The Morgan fingerprint density at radius 2 is 1.91 bits per heavy atom. The first-order valence-electron chi connectivity index (χ1n) is 11.0. The van der Waals surface area contributed by atoms with E-state index in [0.717, 1.165) is 29.0 Å². The van der Waals surface area contributed by atoms with E-state index in [9.17, 15) is 8.42 Å². The number of nitrogens with zero attached hydrogens (tertiary/aromatic N) is 3. The van der Waals surface area contributed by atoms with E-state index in [2.05, 4.69) is 43.1 Å². The molecule has 0 radical (unpaired) electrons. The lowest BCUT2D eigenvalue weighted by molar-refractivity contribution is -0.144. The molecule has 0 unspecified atom stereocenters. The zero-order valence-electron chi connectivity index (χ0n) is 19.0. The van der Waals surface area contributed by atoms with Crippen LogP contribution in [0.3, 0.4) is 0 Å². The number of hydrogen-bond donors (Lipinski definition) is 0. The Morgan fingerprint density at radius 3 is 2.59 bits per heavy atom. The maximum absolute atomic E-state index is 12.1. The van der Waals surface area contributed by atoms with Crippen LogP contribution < -0.4 is 9.47 Å². The van der Waals surface area contributed by atoms with E-state index >= 15 is 0 Å². The van der Waals surface area contributed by atoms with Gasteiger partial charge in [-0.15, -0.1) is 0 Å². The minimum atomic E-state index is -3.24. The lowest BCUT2D eigenvalue weighted by atomic mass is 9.90. The van der Waals surface area contributed by atoms with Gasteiger partial charge < -0.3 is 9.47 Å². The molecule has 3 heterocycles. The van der Waals surface area contributed by atoms with Crippen LogP contribution in [0.5, 0.6) is 11.5 Å². The van der Waals surface area contributed by atoms with E-state index in [4.69, 9.17) is 14.6 Å². The standard InChI is InChI=1S/C24H29N3O4S/c1-16-8-9-17(2)19(14-16)20-15-21-18-6-5-7-22(30-3)23(18)31-24(27(21)25-20)10-12-26(13-11-24)32(4,28)29/h5-9,14,21H,10-13,15H2,1-4H3/t21-/m0/s1. The minimum absolute atomic E-state index is 0.0218. The van der Waals surface area contributed by atoms with Crippen LogP contribution in [0.15, 0.2) is 41.5 Å². The molecule has 3 aliphatic rings. The lowest BCUT2D eigenvalue weighted by Gasteiger charge is -2.50. The molecule has 0 bridgehead atoms. The molecule has 1 spiro atoms. The average molecular weight is 456 g/mol. The molecule has 2 aromatic rings. The van der Waals surface area contributed by atoms with Gasteiger partial charge in [0.15, 0.2) is 11.5 Å².